The Morgan fingerprint density at radius 3 is 3.22 bits per heavy atom. The Morgan fingerprint density at radius 1 is 1.72 bits per heavy atom. The summed E-state index contributed by atoms with van der Waals surface area (Å²) in [5.41, 5.74) is 5.81. The molecule has 6 heteroatoms. The molecule has 2 heterocycles. The number of thiazole rings is 1. The molecule has 1 amide bonds. The maximum Gasteiger partial charge on any atom is 0.240 e. The molecule has 0 saturated carbocycles. The van der Waals surface area contributed by atoms with Crippen molar-refractivity contribution >= 4 is 22.4 Å². The van der Waals surface area contributed by atoms with E-state index in [0.29, 0.717) is 30.2 Å². The normalized spacial score (nSPS) is 25.0. The highest BCUT2D eigenvalue weighted by Crippen LogP contribution is 2.22. The summed E-state index contributed by atoms with van der Waals surface area (Å²) in [6.07, 6.45) is 4.03. The molecule has 1 aromatic rings. The van der Waals surface area contributed by atoms with Gasteiger partial charge >= 0.3 is 0 Å². The summed E-state index contributed by atoms with van der Waals surface area (Å²) in [6, 6.07) is 0.320. The number of rotatable bonds is 4. The van der Waals surface area contributed by atoms with E-state index in [2.05, 4.69) is 22.1 Å². The van der Waals surface area contributed by atoms with Gasteiger partial charge in [0.05, 0.1) is 6.54 Å². The van der Waals surface area contributed by atoms with Crippen LogP contribution in [0, 0.1) is 5.92 Å². The Kier molecular flexibility index (Phi) is 4.68. The van der Waals surface area contributed by atoms with Crippen LogP contribution in [0.25, 0.3) is 0 Å². The van der Waals surface area contributed by atoms with Crippen molar-refractivity contribution in [3.8, 4) is 0 Å². The van der Waals surface area contributed by atoms with Crippen LogP contribution in [0.1, 0.15) is 19.8 Å². The van der Waals surface area contributed by atoms with Crippen molar-refractivity contribution in [2.75, 3.05) is 25.0 Å². The van der Waals surface area contributed by atoms with Crippen molar-refractivity contribution in [3.05, 3.63) is 11.6 Å². The highest BCUT2D eigenvalue weighted by molar-refractivity contribution is 7.13. The lowest BCUT2D eigenvalue weighted by atomic mass is 9.91. The van der Waals surface area contributed by atoms with Crippen molar-refractivity contribution in [2.24, 2.45) is 11.7 Å². The molecule has 0 aromatic carbocycles. The Labute approximate surface area is 111 Å². The number of amides is 1. The molecular weight excluding hydrogens is 248 g/mol. The van der Waals surface area contributed by atoms with Crippen LogP contribution >= 0.6 is 11.3 Å². The number of piperidine rings is 1. The molecule has 5 nitrogen and oxygen atoms in total. The second-order valence-electron chi connectivity index (χ2n) is 4.78. The van der Waals surface area contributed by atoms with Crippen LogP contribution in [0.3, 0.4) is 0 Å². The SMILES string of the molecule is CC1CCCN(CC(=O)Nc2nccs2)C1CN. The third kappa shape index (κ3) is 3.28. The zero-order valence-electron chi connectivity index (χ0n) is 10.6. The molecule has 3 N–H and O–H groups in total. The molecule has 0 bridgehead atoms. The molecule has 1 saturated heterocycles. The summed E-state index contributed by atoms with van der Waals surface area (Å²) >= 11 is 1.43. The number of likely N-dealkylation sites (tertiary alicyclic amines) is 1. The van der Waals surface area contributed by atoms with E-state index in [4.69, 9.17) is 5.73 Å². The number of hydrogen-bond acceptors (Lipinski definition) is 5. The maximum absolute atomic E-state index is 11.9. The summed E-state index contributed by atoms with van der Waals surface area (Å²) in [6.45, 7) is 4.19. The predicted molar refractivity (Wildman–Crippen MR) is 73.6 cm³/mol. The molecule has 2 atom stereocenters. The number of carbonyl (C=O) groups excluding carboxylic acids is 1. The minimum atomic E-state index is -0.00231. The van der Waals surface area contributed by atoms with E-state index >= 15 is 0 Å². The Bertz CT molecular complexity index is 381. The van der Waals surface area contributed by atoms with Crippen LogP contribution in [0.2, 0.25) is 0 Å². The zero-order chi connectivity index (χ0) is 13.0. The van der Waals surface area contributed by atoms with Gasteiger partial charge < -0.3 is 11.1 Å². The molecule has 0 aliphatic carbocycles. The van der Waals surface area contributed by atoms with E-state index in [1.807, 2.05) is 5.38 Å². The molecule has 1 aliphatic heterocycles. The monoisotopic (exact) mass is 268 g/mol. The first-order valence-electron chi connectivity index (χ1n) is 6.34. The highest BCUT2D eigenvalue weighted by Gasteiger charge is 2.28. The first kappa shape index (κ1) is 13.5. The predicted octanol–water partition coefficient (Wildman–Crippen LogP) is 1.14. The van der Waals surface area contributed by atoms with Gasteiger partial charge in [0.25, 0.3) is 0 Å². The lowest BCUT2D eigenvalue weighted by Gasteiger charge is -2.38. The summed E-state index contributed by atoms with van der Waals surface area (Å²) in [5, 5.41) is 5.32. The Morgan fingerprint density at radius 2 is 2.56 bits per heavy atom. The number of nitrogens with zero attached hydrogens (tertiary/aromatic N) is 2. The van der Waals surface area contributed by atoms with Crippen LogP contribution < -0.4 is 11.1 Å². The number of nitrogens with two attached hydrogens (primary N) is 1. The van der Waals surface area contributed by atoms with Gasteiger partial charge in [-0.25, -0.2) is 4.98 Å². The van der Waals surface area contributed by atoms with Crippen molar-refractivity contribution in [1.29, 1.82) is 0 Å². The molecule has 100 valence electrons. The van der Waals surface area contributed by atoms with E-state index in [0.717, 1.165) is 13.0 Å². The van der Waals surface area contributed by atoms with Gasteiger partial charge in [-0.2, -0.15) is 0 Å². The van der Waals surface area contributed by atoms with Gasteiger partial charge in [-0.1, -0.05) is 6.92 Å². The summed E-state index contributed by atoms with van der Waals surface area (Å²) in [7, 11) is 0. The number of anilines is 1. The molecule has 18 heavy (non-hydrogen) atoms. The van der Waals surface area contributed by atoms with Gasteiger partial charge in [-0.05, 0) is 25.3 Å². The molecule has 2 unspecified atom stereocenters. The smallest absolute Gasteiger partial charge is 0.240 e. The van der Waals surface area contributed by atoms with Gasteiger partial charge in [0.15, 0.2) is 5.13 Å². The Hall–Kier alpha value is -0.980. The van der Waals surface area contributed by atoms with E-state index in [1.54, 1.807) is 6.20 Å². The van der Waals surface area contributed by atoms with Crippen molar-refractivity contribution in [2.45, 2.75) is 25.8 Å². The average Bonchev–Trinajstić information content (AvgIpc) is 2.82. The van der Waals surface area contributed by atoms with E-state index in [-0.39, 0.29) is 5.91 Å². The topological polar surface area (TPSA) is 71.2 Å². The quantitative estimate of drug-likeness (QED) is 0.859. The average molecular weight is 268 g/mol. The molecule has 0 spiro atoms. The van der Waals surface area contributed by atoms with Crippen LogP contribution in [0.5, 0.6) is 0 Å². The molecule has 2 rings (SSSR count). The minimum absolute atomic E-state index is 0.00231. The molecule has 1 aliphatic rings. The van der Waals surface area contributed by atoms with Gasteiger partial charge in [-0.3, -0.25) is 9.69 Å². The van der Waals surface area contributed by atoms with E-state index < -0.39 is 0 Å². The fourth-order valence-electron chi connectivity index (χ4n) is 2.54. The van der Waals surface area contributed by atoms with E-state index in [9.17, 15) is 4.79 Å². The number of aromatic nitrogens is 1. The van der Waals surface area contributed by atoms with Crippen LogP contribution in [0.4, 0.5) is 5.13 Å². The fourth-order valence-corrected chi connectivity index (χ4v) is 3.09. The van der Waals surface area contributed by atoms with Crippen LogP contribution in [0.15, 0.2) is 11.6 Å². The minimum Gasteiger partial charge on any atom is -0.329 e. The van der Waals surface area contributed by atoms with Gasteiger partial charge in [0, 0.05) is 24.2 Å². The number of nitrogens with one attached hydrogen (secondary N) is 1. The second-order valence-corrected chi connectivity index (χ2v) is 5.67. The van der Waals surface area contributed by atoms with Gasteiger partial charge in [0.2, 0.25) is 5.91 Å². The molecule has 1 aromatic heterocycles. The first-order valence-corrected chi connectivity index (χ1v) is 7.22. The maximum atomic E-state index is 11.9. The standard InChI is InChI=1S/C12H20N4OS/c1-9-3-2-5-16(10(9)7-13)8-11(17)15-12-14-4-6-18-12/h4,6,9-10H,2-3,5,7-8,13H2,1H3,(H,14,15,17). The summed E-state index contributed by atoms with van der Waals surface area (Å²) < 4.78 is 0. The second kappa shape index (κ2) is 6.26. The largest absolute Gasteiger partial charge is 0.329 e. The molecule has 0 radical (unpaired) electrons. The third-order valence-corrected chi connectivity index (χ3v) is 4.19. The third-order valence-electron chi connectivity index (χ3n) is 3.50. The van der Waals surface area contributed by atoms with Crippen LogP contribution in [-0.2, 0) is 4.79 Å². The first-order chi connectivity index (χ1) is 8.70. The highest BCUT2D eigenvalue weighted by atomic mass is 32.1. The van der Waals surface area contributed by atoms with Crippen molar-refractivity contribution in [3.63, 3.8) is 0 Å². The summed E-state index contributed by atoms with van der Waals surface area (Å²) in [5.74, 6) is 0.564. The summed E-state index contributed by atoms with van der Waals surface area (Å²) in [4.78, 5) is 18.2. The lowest BCUT2D eigenvalue weighted by molar-refractivity contribution is -0.118. The van der Waals surface area contributed by atoms with Crippen molar-refractivity contribution < 1.29 is 4.79 Å². The molecule has 1 fully saturated rings. The lowest BCUT2D eigenvalue weighted by Crippen LogP contribution is -2.51. The van der Waals surface area contributed by atoms with Gasteiger partial charge in [-0.15, -0.1) is 11.3 Å². The van der Waals surface area contributed by atoms with Crippen LogP contribution in [-0.4, -0.2) is 41.5 Å². The zero-order valence-corrected chi connectivity index (χ0v) is 11.4. The Balaban J connectivity index is 1.89. The van der Waals surface area contributed by atoms with E-state index in [1.165, 1.54) is 17.8 Å². The number of hydrogen-bond donors (Lipinski definition) is 2. The molecular formula is C12H20N4OS. The number of carbonyl (C=O) groups is 1. The fraction of sp³-hybridized carbons (Fsp3) is 0.667. The van der Waals surface area contributed by atoms with Gasteiger partial charge in [0.1, 0.15) is 0 Å². The van der Waals surface area contributed by atoms with Crippen molar-refractivity contribution in [1.82, 2.24) is 9.88 Å².